The van der Waals surface area contributed by atoms with E-state index in [1.807, 2.05) is 14.1 Å². The highest BCUT2D eigenvalue weighted by Gasteiger charge is 1.97. The van der Waals surface area contributed by atoms with Gasteiger partial charge in [-0.1, -0.05) is 13.3 Å². The Morgan fingerprint density at radius 1 is 1.21 bits per heavy atom. The summed E-state index contributed by atoms with van der Waals surface area (Å²) in [6.45, 7) is 4.64. The second-order valence-corrected chi connectivity index (χ2v) is 3.69. The minimum atomic E-state index is -0.0443. The summed E-state index contributed by atoms with van der Waals surface area (Å²) in [6.07, 6.45) is 3.15. The van der Waals surface area contributed by atoms with Crippen LogP contribution in [0.2, 0.25) is 0 Å². The molecule has 0 aromatic carbocycles. The number of nitrogens with zero attached hydrogens (tertiary/aromatic N) is 1. The second kappa shape index (κ2) is 8.81. The summed E-state index contributed by atoms with van der Waals surface area (Å²) in [7, 11) is 4.06. The minimum Gasteiger partial charge on any atom is -0.338 e. The van der Waals surface area contributed by atoms with E-state index in [0.29, 0.717) is 0 Å². The zero-order valence-corrected chi connectivity index (χ0v) is 9.60. The number of urea groups is 1. The summed E-state index contributed by atoms with van der Waals surface area (Å²) in [5, 5.41) is 5.63. The number of nitrogens with one attached hydrogen (secondary N) is 2. The van der Waals surface area contributed by atoms with Crippen LogP contribution in [0.25, 0.3) is 0 Å². The quantitative estimate of drug-likeness (QED) is 0.619. The number of hydrogen-bond acceptors (Lipinski definition) is 2. The Morgan fingerprint density at radius 2 is 1.79 bits per heavy atom. The third kappa shape index (κ3) is 9.32. The number of rotatable bonds is 7. The van der Waals surface area contributed by atoms with Gasteiger partial charge >= 0.3 is 6.03 Å². The number of amides is 2. The van der Waals surface area contributed by atoms with Gasteiger partial charge in [0.1, 0.15) is 0 Å². The number of hydrogen-bond donors (Lipinski definition) is 2. The van der Waals surface area contributed by atoms with Crippen LogP contribution in [0.5, 0.6) is 0 Å². The molecule has 0 atom stereocenters. The van der Waals surface area contributed by atoms with Crippen LogP contribution in [0.1, 0.15) is 29.0 Å². The van der Waals surface area contributed by atoms with Crippen molar-refractivity contribution in [1.82, 2.24) is 15.5 Å². The van der Waals surface area contributed by atoms with E-state index in [0.717, 1.165) is 38.9 Å². The van der Waals surface area contributed by atoms with E-state index in [1.165, 1.54) is 0 Å². The summed E-state index contributed by atoms with van der Waals surface area (Å²) >= 11 is 0. The zero-order chi connectivity index (χ0) is 10.8. The highest BCUT2D eigenvalue weighted by molar-refractivity contribution is 5.73. The first-order chi connectivity index (χ1) is 6.66. The van der Waals surface area contributed by atoms with Crippen molar-refractivity contribution in [3.05, 3.63) is 0 Å². The molecule has 0 unspecified atom stereocenters. The highest BCUT2D eigenvalue weighted by atomic mass is 16.2. The largest absolute Gasteiger partial charge is 0.338 e. The van der Waals surface area contributed by atoms with Crippen LogP contribution < -0.4 is 10.6 Å². The molecule has 0 aromatic heterocycles. The Balaban J connectivity index is -0.000000845. The van der Waals surface area contributed by atoms with Crippen molar-refractivity contribution < 1.29 is 7.65 Å². The molecule has 0 bridgehead atoms. The van der Waals surface area contributed by atoms with Gasteiger partial charge in [-0.3, -0.25) is 0 Å². The third-order valence-corrected chi connectivity index (χ3v) is 1.88. The number of carbonyl (C=O) groups excluding carboxylic acids is 1. The van der Waals surface area contributed by atoms with Crippen molar-refractivity contribution >= 4 is 6.03 Å². The highest BCUT2D eigenvalue weighted by Crippen LogP contribution is 1.83. The van der Waals surface area contributed by atoms with E-state index >= 15 is 0 Å². The molecule has 0 spiro atoms. The van der Waals surface area contributed by atoms with Gasteiger partial charge in [-0.15, -0.1) is 0 Å². The molecule has 4 nitrogen and oxygen atoms in total. The van der Waals surface area contributed by atoms with Crippen molar-refractivity contribution in [2.24, 2.45) is 0 Å². The summed E-state index contributed by atoms with van der Waals surface area (Å²) < 4.78 is 0. The average Bonchev–Trinajstić information content (AvgIpc) is 2.13. The fourth-order valence-corrected chi connectivity index (χ4v) is 1.04. The molecule has 2 amide bonds. The Kier molecular flexibility index (Phi) is 8.33. The molecule has 4 heteroatoms. The first-order valence-corrected chi connectivity index (χ1v) is 5.33. The molecular formula is C10H27N3O. The van der Waals surface area contributed by atoms with Crippen molar-refractivity contribution in [1.29, 1.82) is 0 Å². The van der Waals surface area contributed by atoms with E-state index in [9.17, 15) is 4.79 Å². The van der Waals surface area contributed by atoms with E-state index in [4.69, 9.17) is 0 Å². The van der Waals surface area contributed by atoms with E-state index in [-0.39, 0.29) is 8.88 Å². The minimum absolute atomic E-state index is 0. The molecule has 0 aliphatic rings. The smallest absolute Gasteiger partial charge is 0.314 e. The number of carbonyl (C=O) groups is 1. The van der Waals surface area contributed by atoms with E-state index < -0.39 is 0 Å². The Hall–Kier alpha value is -0.770. The SMILES string of the molecule is CCCCNC(=O)NCCCN(C)C.[HH].[HH]. The molecule has 0 saturated heterocycles. The van der Waals surface area contributed by atoms with Gasteiger partial charge in [0.05, 0.1) is 0 Å². The lowest BCUT2D eigenvalue weighted by molar-refractivity contribution is 0.240. The molecule has 2 N–H and O–H groups in total. The summed E-state index contributed by atoms with van der Waals surface area (Å²) in [5.41, 5.74) is 0. The van der Waals surface area contributed by atoms with Gasteiger partial charge in [0.15, 0.2) is 0 Å². The average molecular weight is 205 g/mol. The van der Waals surface area contributed by atoms with Crippen LogP contribution in [0, 0.1) is 0 Å². The zero-order valence-electron chi connectivity index (χ0n) is 9.60. The molecule has 14 heavy (non-hydrogen) atoms. The van der Waals surface area contributed by atoms with Gasteiger partial charge in [-0.25, -0.2) is 4.79 Å². The van der Waals surface area contributed by atoms with Crippen LogP contribution in [-0.2, 0) is 0 Å². The molecule has 0 aliphatic heterocycles. The first kappa shape index (κ1) is 13.2. The maximum Gasteiger partial charge on any atom is 0.314 e. The molecule has 0 saturated carbocycles. The molecule has 0 rings (SSSR count). The van der Waals surface area contributed by atoms with Crippen molar-refractivity contribution in [2.75, 3.05) is 33.7 Å². The molecule has 0 aromatic rings. The lowest BCUT2D eigenvalue weighted by Gasteiger charge is -2.10. The lowest BCUT2D eigenvalue weighted by atomic mass is 10.3. The predicted molar refractivity (Wildman–Crippen MR) is 63.7 cm³/mol. The standard InChI is InChI=1S/C10H23N3O.2H2/c1-4-5-7-11-10(14)12-8-6-9-13(2)3;;/h4-9H2,1-3H3,(H2,11,12,14);2*1H. The van der Waals surface area contributed by atoms with Gasteiger partial charge in [0.25, 0.3) is 0 Å². The molecule has 0 fully saturated rings. The monoisotopic (exact) mass is 205 g/mol. The van der Waals surface area contributed by atoms with Crippen LogP contribution >= 0.6 is 0 Å². The maximum absolute atomic E-state index is 11.1. The maximum atomic E-state index is 11.1. The van der Waals surface area contributed by atoms with Crippen molar-refractivity contribution in [3.63, 3.8) is 0 Å². The lowest BCUT2D eigenvalue weighted by Crippen LogP contribution is -2.37. The summed E-state index contributed by atoms with van der Waals surface area (Å²) in [4.78, 5) is 13.2. The van der Waals surface area contributed by atoms with Gasteiger partial charge in [-0.05, 0) is 33.5 Å². The summed E-state index contributed by atoms with van der Waals surface area (Å²) in [5.74, 6) is 0. The van der Waals surface area contributed by atoms with Crippen LogP contribution in [-0.4, -0.2) is 44.7 Å². The fraction of sp³-hybridized carbons (Fsp3) is 0.900. The van der Waals surface area contributed by atoms with Crippen LogP contribution in [0.4, 0.5) is 4.79 Å². The van der Waals surface area contributed by atoms with Crippen LogP contribution in [0.3, 0.4) is 0 Å². The topological polar surface area (TPSA) is 44.4 Å². The molecule has 88 valence electrons. The van der Waals surface area contributed by atoms with E-state index in [1.54, 1.807) is 0 Å². The fourth-order valence-electron chi connectivity index (χ4n) is 1.04. The predicted octanol–water partition coefficient (Wildman–Crippen LogP) is 1.53. The summed E-state index contributed by atoms with van der Waals surface area (Å²) in [6, 6.07) is -0.0443. The third-order valence-electron chi connectivity index (χ3n) is 1.88. The molecule has 0 heterocycles. The molecule has 0 radical (unpaired) electrons. The van der Waals surface area contributed by atoms with Gasteiger partial charge in [0, 0.05) is 15.9 Å². The van der Waals surface area contributed by atoms with E-state index in [2.05, 4.69) is 22.5 Å². The number of unbranched alkanes of at least 4 members (excludes halogenated alkanes) is 1. The van der Waals surface area contributed by atoms with Crippen LogP contribution in [0.15, 0.2) is 0 Å². The Morgan fingerprint density at radius 3 is 2.29 bits per heavy atom. The van der Waals surface area contributed by atoms with Crippen molar-refractivity contribution in [2.45, 2.75) is 26.2 Å². The molecular weight excluding hydrogens is 178 g/mol. The Labute approximate surface area is 90.0 Å². The Bertz CT molecular complexity index is 157. The molecule has 0 aliphatic carbocycles. The first-order valence-electron chi connectivity index (χ1n) is 5.33. The normalized spacial score (nSPS) is 10.3. The van der Waals surface area contributed by atoms with Gasteiger partial charge < -0.3 is 15.5 Å². The van der Waals surface area contributed by atoms with Crippen molar-refractivity contribution in [3.8, 4) is 0 Å². The van der Waals surface area contributed by atoms with Gasteiger partial charge in [-0.2, -0.15) is 0 Å². The second-order valence-electron chi connectivity index (χ2n) is 3.69. The van der Waals surface area contributed by atoms with Gasteiger partial charge in [0.2, 0.25) is 0 Å².